The Morgan fingerprint density at radius 2 is 0.918 bits per heavy atom. The maximum Gasteiger partial charge on any atom is 0.362 e. The number of nitrogens with zero attached hydrogens (tertiary/aromatic N) is 1. The summed E-state index contributed by atoms with van der Waals surface area (Å²) in [5.74, 6) is -1.46. The van der Waals surface area contributed by atoms with Gasteiger partial charge in [-0.15, -0.1) is 0 Å². The van der Waals surface area contributed by atoms with Crippen LogP contribution in [-0.4, -0.2) is 80.6 Å². The molecule has 0 saturated heterocycles. The predicted octanol–water partition coefficient (Wildman–Crippen LogP) is 14.8. The number of likely N-dealkylation sites (N-methyl/N-ethyl adjacent to an activating group) is 1. The molecule has 0 aliphatic carbocycles. The molecule has 0 aromatic carbocycles. The van der Waals surface area contributed by atoms with Gasteiger partial charge < -0.3 is 23.8 Å². The molecular formula is C53H100NO7+. The zero-order valence-electron chi connectivity index (χ0n) is 40.9. The van der Waals surface area contributed by atoms with Crippen LogP contribution in [0.25, 0.3) is 0 Å². The van der Waals surface area contributed by atoms with Crippen molar-refractivity contribution in [3.8, 4) is 0 Å². The molecule has 358 valence electrons. The van der Waals surface area contributed by atoms with Gasteiger partial charge in [0.2, 0.25) is 0 Å². The van der Waals surface area contributed by atoms with Crippen LogP contribution in [-0.2, 0) is 28.6 Å². The lowest BCUT2D eigenvalue weighted by Crippen LogP contribution is -2.50. The van der Waals surface area contributed by atoms with E-state index in [1.807, 2.05) is 21.1 Å². The van der Waals surface area contributed by atoms with Gasteiger partial charge in [-0.1, -0.05) is 212 Å². The fraction of sp³-hybridized carbons (Fsp3) is 0.868. The monoisotopic (exact) mass is 863 g/mol. The fourth-order valence-electron chi connectivity index (χ4n) is 7.90. The van der Waals surface area contributed by atoms with E-state index in [4.69, 9.17) is 14.2 Å². The van der Waals surface area contributed by atoms with E-state index in [9.17, 15) is 19.5 Å². The van der Waals surface area contributed by atoms with Crippen molar-refractivity contribution in [1.29, 1.82) is 0 Å². The largest absolute Gasteiger partial charge is 0.477 e. The van der Waals surface area contributed by atoms with Crippen molar-refractivity contribution >= 4 is 17.9 Å². The molecule has 0 bridgehead atoms. The number of rotatable bonds is 47. The molecule has 1 N–H and O–H groups in total. The molecular weight excluding hydrogens is 763 g/mol. The van der Waals surface area contributed by atoms with E-state index in [1.165, 1.54) is 154 Å². The number of allylic oxidation sites excluding steroid dienone is 4. The summed E-state index contributed by atoms with van der Waals surface area (Å²) in [6, 6.07) is -0.614. The minimum Gasteiger partial charge on any atom is -0.477 e. The first-order valence-electron chi connectivity index (χ1n) is 25.9. The van der Waals surface area contributed by atoms with Gasteiger partial charge in [-0.2, -0.15) is 0 Å². The summed E-state index contributed by atoms with van der Waals surface area (Å²) in [5, 5.41) is 9.64. The van der Waals surface area contributed by atoms with Gasteiger partial charge in [0.25, 0.3) is 0 Å². The molecule has 0 aromatic rings. The van der Waals surface area contributed by atoms with Crippen LogP contribution in [0.15, 0.2) is 24.3 Å². The van der Waals surface area contributed by atoms with Gasteiger partial charge in [0.1, 0.15) is 6.61 Å². The van der Waals surface area contributed by atoms with Crippen LogP contribution in [0.4, 0.5) is 0 Å². The highest BCUT2D eigenvalue weighted by Crippen LogP contribution is 2.17. The first-order valence-corrected chi connectivity index (χ1v) is 25.9. The second-order valence-electron chi connectivity index (χ2n) is 18.8. The summed E-state index contributed by atoms with van der Waals surface area (Å²) in [5.41, 5.74) is 0. The third-order valence-electron chi connectivity index (χ3n) is 11.9. The SMILES string of the molecule is CC/C=C/C/C=C/CCCCCCCCCC(=O)OC(COCCC(C(=O)O)[N+](C)(C)C)COC(=O)CCCCCCCCCCCCCCCCCCCCCCCCC. The molecule has 61 heavy (non-hydrogen) atoms. The van der Waals surface area contributed by atoms with Gasteiger partial charge in [0, 0.05) is 19.3 Å². The van der Waals surface area contributed by atoms with Crippen molar-refractivity contribution < 1.29 is 38.2 Å². The summed E-state index contributed by atoms with van der Waals surface area (Å²) in [6.07, 6.45) is 50.9. The second-order valence-corrected chi connectivity index (χ2v) is 18.8. The fourth-order valence-corrected chi connectivity index (χ4v) is 7.90. The Kier molecular flexibility index (Phi) is 42.8. The van der Waals surface area contributed by atoms with Gasteiger partial charge >= 0.3 is 17.9 Å². The molecule has 2 atom stereocenters. The Labute approximate surface area is 377 Å². The number of unbranched alkanes of at least 4 members (excludes halogenated alkanes) is 29. The van der Waals surface area contributed by atoms with Crippen LogP contribution in [0.5, 0.6) is 0 Å². The number of hydrogen-bond acceptors (Lipinski definition) is 6. The summed E-state index contributed by atoms with van der Waals surface area (Å²) in [4.78, 5) is 37.1. The Morgan fingerprint density at radius 3 is 1.34 bits per heavy atom. The molecule has 0 amide bonds. The van der Waals surface area contributed by atoms with E-state index >= 15 is 0 Å². The van der Waals surface area contributed by atoms with E-state index in [0.717, 1.165) is 57.8 Å². The maximum atomic E-state index is 12.8. The normalized spacial score (nSPS) is 13.0. The topological polar surface area (TPSA) is 99.1 Å². The maximum absolute atomic E-state index is 12.8. The number of hydrogen-bond donors (Lipinski definition) is 1. The predicted molar refractivity (Wildman–Crippen MR) is 257 cm³/mol. The molecule has 0 aliphatic rings. The zero-order chi connectivity index (χ0) is 44.9. The van der Waals surface area contributed by atoms with Crippen LogP contribution >= 0.6 is 0 Å². The number of esters is 2. The third-order valence-corrected chi connectivity index (χ3v) is 11.9. The summed E-state index contributed by atoms with van der Waals surface area (Å²) in [7, 11) is 5.54. The first kappa shape index (κ1) is 58.8. The van der Waals surface area contributed by atoms with Crippen molar-refractivity contribution in [3.63, 3.8) is 0 Å². The zero-order valence-corrected chi connectivity index (χ0v) is 40.9. The average Bonchev–Trinajstić information content (AvgIpc) is 3.22. The molecule has 0 rings (SSSR count). The van der Waals surface area contributed by atoms with E-state index in [2.05, 4.69) is 38.2 Å². The van der Waals surface area contributed by atoms with Crippen molar-refractivity contribution in [2.24, 2.45) is 0 Å². The summed E-state index contributed by atoms with van der Waals surface area (Å²) < 4.78 is 17.3. The number of carbonyl (C=O) groups is 3. The molecule has 8 nitrogen and oxygen atoms in total. The highest BCUT2D eigenvalue weighted by Gasteiger charge is 2.31. The average molecular weight is 863 g/mol. The molecule has 0 fully saturated rings. The summed E-state index contributed by atoms with van der Waals surface area (Å²) >= 11 is 0. The highest BCUT2D eigenvalue weighted by molar-refractivity contribution is 5.72. The van der Waals surface area contributed by atoms with Crippen molar-refractivity contribution in [2.75, 3.05) is 41.0 Å². The van der Waals surface area contributed by atoms with E-state index in [1.54, 1.807) is 0 Å². The lowest BCUT2D eigenvalue weighted by molar-refractivity contribution is -0.887. The molecule has 0 radical (unpaired) electrons. The van der Waals surface area contributed by atoms with E-state index in [-0.39, 0.29) is 36.2 Å². The number of aliphatic carboxylic acids is 1. The van der Waals surface area contributed by atoms with Gasteiger partial charge in [0.05, 0.1) is 34.4 Å². The Morgan fingerprint density at radius 1 is 0.508 bits per heavy atom. The minimum atomic E-state index is -0.873. The van der Waals surface area contributed by atoms with Gasteiger partial charge in [0.15, 0.2) is 12.1 Å². The number of ether oxygens (including phenoxy) is 3. The smallest absolute Gasteiger partial charge is 0.362 e. The molecule has 0 spiro atoms. The van der Waals surface area contributed by atoms with Crippen LogP contribution in [0.3, 0.4) is 0 Å². The van der Waals surface area contributed by atoms with Crippen molar-refractivity contribution in [3.05, 3.63) is 24.3 Å². The Hall–Kier alpha value is -2.19. The Balaban J connectivity index is 4.14. The second kappa shape index (κ2) is 44.4. The minimum absolute atomic E-state index is 0.0494. The summed E-state index contributed by atoms with van der Waals surface area (Å²) in [6.45, 7) is 4.66. The number of carboxylic acid groups (broad SMARTS) is 1. The van der Waals surface area contributed by atoms with Crippen LogP contribution in [0, 0.1) is 0 Å². The quantitative estimate of drug-likeness (QED) is 0.0281. The van der Waals surface area contributed by atoms with Crippen LogP contribution < -0.4 is 0 Å². The van der Waals surface area contributed by atoms with Crippen molar-refractivity contribution in [1.82, 2.24) is 0 Å². The van der Waals surface area contributed by atoms with Crippen molar-refractivity contribution in [2.45, 2.75) is 257 Å². The molecule has 0 saturated carbocycles. The number of carboxylic acids is 1. The molecule has 2 unspecified atom stereocenters. The van der Waals surface area contributed by atoms with E-state index in [0.29, 0.717) is 19.3 Å². The van der Waals surface area contributed by atoms with Crippen LogP contribution in [0.1, 0.15) is 245 Å². The standard InChI is InChI=1S/C53H99NO7/c1-6-8-10-12-14-16-18-20-22-23-24-25-26-27-28-29-30-32-33-35-37-39-41-43-51(55)60-48-49(47-59-46-45-50(53(57)58)54(3,4)5)61-52(56)44-42-40-38-36-34-31-21-19-17-15-13-11-9-7-2/h9,11,15,17,49-50H,6-8,10,12-14,16,18-48H2,1-5H3/p+1/b11-9+,17-15+. The molecule has 0 aliphatic heterocycles. The third kappa shape index (κ3) is 42.9. The van der Waals surface area contributed by atoms with Crippen LogP contribution in [0.2, 0.25) is 0 Å². The molecule has 0 aromatic heterocycles. The van der Waals surface area contributed by atoms with Gasteiger partial charge in [-0.25, -0.2) is 4.79 Å². The lowest BCUT2D eigenvalue weighted by Gasteiger charge is -2.31. The van der Waals surface area contributed by atoms with E-state index < -0.39 is 18.1 Å². The molecule has 0 heterocycles. The highest BCUT2D eigenvalue weighted by atomic mass is 16.6. The number of carbonyl (C=O) groups excluding carboxylic acids is 2. The molecule has 8 heteroatoms. The first-order chi connectivity index (χ1) is 29.6. The number of quaternary nitrogens is 1. The lowest BCUT2D eigenvalue weighted by atomic mass is 10.0. The van der Waals surface area contributed by atoms with Gasteiger partial charge in [-0.3, -0.25) is 9.59 Å². The Bertz CT molecular complexity index is 1050. The van der Waals surface area contributed by atoms with Gasteiger partial charge in [-0.05, 0) is 38.5 Å².